The van der Waals surface area contributed by atoms with Gasteiger partial charge in [-0.1, -0.05) is 12.1 Å². The smallest absolute Gasteiger partial charge is 0.318 e. The highest BCUT2D eigenvalue weighted by molar-refractivity contribution is 7.89. The van der Waals surface area contributed by atoms with E-state index in [1.807, 2.05) is 0 Å². The van der Waals surface area contributed by atoms with Gasteiger partial charge in [-0.2, -0.15) is 4.31 Å². The van der Waals surface area contributed by atoms with Crippen molar-refractivity contribution in [3.8, 4) is 11.5 Å². The standard InChI is InChI=1S/C14H17NO6S/c16-14(17)7-15(10-5-6-10)22(18,19)9-11-8-20-12-3-1-2-4-13(12)21-11/h1-4,10-11H,5-9H2,(H,16,17). The number of ether oxygens (including phenoxy) is 2. The summed E-state index contributed by atoms with van der Waals surface area (Å²) in [6.07, 6.45) is 0.768. The van der Waals surface area contributed by atoms with E-state index in [1.54, 1.807) is 24.3 Å². The molecule has 1 saturated carbocycles. The van der Waals surface area contributed by atoms with Gasteiger partial charge in [-0.15, -0.1) is 0 Å². The lowest BCUT2D eigenvalue weighted by molar-refractivity contribution is -0.137. The van der Waals surface area contributed by atoms with Crippen LogP contribution in [0.5, 0.6) is 11.5 Å². The van der Waals surface area contributed by atoms with E-state index in [0.29, 0.717) is 24.3 Å². The van der Waals surface area contributed by atoms with E-state index in [9.17, 15) is 13.2 Å². The molecule has 1 aliphatic carbocycles. The molecule has 0 saturated heterocycles. The van der Waals surface area contributed by atoms with Crippen LogP contribution in [0.15, 0.2) is 24.3 Å². The minimum atomic E-state index is -3.71. The van der Waals surface area contributed by atoms with Crippen molar-refractivity contribution < 1.29 is 27.8 Å². The monoisotopic (exact) mass is 327 g/mol. The summed E-state index contributed by atoms with van der Waals surface area (Å²) in [5.74, 6) is -0.349. The second-order valence-corrected chi connectivity index (χ2v) is 7.41. The SMILES string of the molecule is O=C(O)CN(C1CC1)S(=O)(=O)CC1COc2ccccc2O1. The van der Waals surface area contributed by atoms with Crippen molar-refractivity contribution >= 4 is 16.0 Å². The molecule has 1 atom stereocenters. The van der Waals surface area contributed by atoms with Crippen LogP contribution >= 0.6 is 0 Å². The first kappa shape index (κ1) is 15.1. The number of carboxylic acids is 1. The van der Waals surface area contributed by atoms with E-state index < -0.39 is 28.6 Å². The normalized spacial score (nSPS) is 20.9. The number of benzene rings is 1. The van der Waals surface area contributed by atoms with Gasteiger partial charge in [-0.05, 0) is 25.0 Å². The topological polar surface area (TPSA) is 93.1 Å². The lowest BCUT2D eigenvalue weighted by atomic mass is 10.3. The van der Waals surface area contributed by atoms with Crippen molar-refractivity contribution in [3.05, 3.63) is 24.3 Å². The molecule has 1 aromatic rings. The molecular formula is C14H17NO6S. The number of para-hydroxylation sites is 2. The van der Waals surface area contributed by atoms with Crippen LogP contribution in [0.3, 0.4) is 0 Å². The molecule has 0 spiro atoms. The highest BCUT2D eigenvalue weighted by Crippen LogP contribution is 2.33. The van der Waals surface area contributed by atoms with Crippen LogP contribution in [0.4, 0.5) is 0 Å². The molecule has 1 unspecified atom stereocenters. The van der Waals surface area contributed by atoms with Crippen molar-refractivity contribution in [1.29, 1.82) is 0 Å². The van der Waals surface area contributed by atoms with E-state index >= 15 is 0 Å². The van der Waals surface area contributed by atoms with Crippen molar-refractivity contribution in [1.82, 2.24) is 4.31 Å². The number of hydrogen-bond donors (Lipinski definition) is 1. The van der Waals surface area contributed by atoms with Crippen molar-refractivity contribution in [2.75, 3.05) is 18.9 Å². The van der Waals surface area contributed by atoms with Crippen LogP contribution in [0.2, 0.25) is 0 Å². The first-order valence-corrected chi connectivity index (χ1v) is 8.66. The third-order valence-corrected chi connectivity index (χ3v) is 5.50. The van der Waals surface area contributed by atoms with E-state index in [0.717, 1.165) is 4.31 Å². The number of aliphatic carboxylic acids is 1. The maximum atomic E-state index is 12.5. The summed E-state index contributed by atoms with van der Waals surface area (Å²) < 4.78 is 37.1. The van der Waals surface area contributed by atoms with E-state index in [4.69, 9.17) is 14.6 Å². The van der Waals surface area contributed by atoms with Gasteiger partial charge in [0.15, 0.2) is 11.5 Å². The van der Waals surface area contributed by atoms with Gasteiger partial charge >= 0.3 is 5.97 Å². The number of carboxylic acid groups (broad SMARTS) is 1. The quantitative estimate of drug-likeness (QED) is 0.827. The molecule has 7 nitrogen and oxygen atoms in total. The van der Waals surface area contributed by atoms with Crippen molar-refractivity contribution in [2.45, 2.75) is 25.0 Å². The molecule has 1 aliphatic heterocycles. The summed E-state index contributed by atoms with van der Waals surface area (Å²) in [4.78, 5) is 10.9. The Morgan fingerprint density at radius 3 is 2.59 bits per heavy atom. The number of nitrogens with zero attached hydrogens (tertiary/aromatic N) is 1. The Bertz CT molecular complexity index is 670. The second-order valence-electron chi connectivity index (χ2n) is 5.45. The highest BCUT2D eigenvalue weighted by atomic mass is 32.2. The molecule has 120 valence electrons. The third kappa shape index (κ3) is 3.33. The summed E-state index contributed by atoms with van der Waals surface area (Å²) in [6, 6.07) is 6.85. The fourth-order valence-corrected chi connectivity index (χ4v) is 4.22. The molecular weight excluding hydrogens is 310 g/mol. The van der Waals surface area contributed by atoms with Crippen LogP contribution in [-0.2, 0) is 14.8 Å². The lowest BCUT2D eigenvalue weighted by Gasteiger charge is -2.28. The molecule has 1 heterocycles. The maximum Gasteiger partial charge on any atom is 0.318 e. The van der Waals surface area contributed by atoms with Crippen LogP contribution in [0.1, 0.15) is 12.8 Å². The first-order valence-electron chi connectivity index (χ1n) is 7.05. The Morgan fingerprint density at radius 2 is 1.95 bits per heavy atom. The first-order chi connectivity index (χ1) is 10.5. The van der Waals surface area contributed by atoms with Crippen LogP contribution in [-0.4, -0.2) is 54.8 Å². The molecule has 2 aliphatic rings. The van der Waals surface area contributed by atoms with Gasteiger partial charge in [0.05, 0.1) is 0 Å². The molecule has 22 heavy (non-hydrogen) atoms. The summed E-state index contributed by atoms with van der Waals surface area (Å²) in [5, 5.41) is 8.90. The van der Waals surface area contributed by atoms with Gasteiger partial charge in [-0.25, -0.2) is 8.42 Å². The average Bonchev–Trinajstić information content (AvgIpc) is 3.28. The van der Waals surface area contributed by atoms with Crippen LogP contribution in [0.25, 0.3) is 0 Å². The van der Waals surface area contributed by atoms with Gasteiger partial charge in [0.2, 0.25) is 10.0 Å². The largest absolute Gasteiger partial charge is 0.486 e. The molecule has 0 aromatic heterocycles. The number of carbonyl (C=O) groups is 1. The van der Waals surface area contributed by atoms with Crippen molar-refractivity contribution in [3.63, 3.8) is 0 Å². The molecule has 1 aromatic carbocycles. The summed E-state index contributed by atoms with van der Waals surface area (Å²) in [5.41, 5.74) is 0. The predicted molar refractivity (Wildman–Crippen MR) is 77.5 cm³/mol. The molecule has 0 bridgehead atoms. The zero-order valence-electron chi connectivity index (χ0n) is 11.8. The summed E-state index contributed by atoms with van der Waals surface area (Å²) >= 11 is 0. The van der Waals surface area contributed by atoms with Crippen LogP contribution in [0, 0.1) is 0 Å². The zero-order chi connectivity index (χ0) is 15.7. The molecule has 3 rings (SSSR count). The van der Waals surface area contributed by atoms with Gasteiger partial charge in [0.25, 0.3) is 0 Å². The minimum absolute atomic E-state index is 0.127. The number of sulfonamides is 1. The maximum absolute atomic E-state index is 12.5. The van der Waals surface area contributed by atoms with E-state index in [2.05, 4.69) is 0 Å². The highest BCUT2D eigenvalue weighted by Gasteiger charge is 2.40. The summed E-state index contributed by atoms with van der Waals surface area (Å²) in [7, 11) is -3.71. The third-order valence-electron chi connectivity index (χ3n) is 3.57. The fourth-order valence-electron chi connectivity index (χ4n) is 2.43. The van der Waals surface area contributed by atoms with E-state index in [1.165, 1.54) is 0 Å². The molecule has 1 N–H and O–H groups in total. The average molecular weight is 327 g/mol. The van der Waals surface area contributed by atoms with E-state index in [-0.39, 0.29) is 18.4 Å². The predicted octanol–water partition coefficient (Wildman–Crippen LogP) is 0.705. The fraction of sp³-hybridized carbons (Fsp3) is 0.500. The lowest BCUT2D eigenvalue weighted by Crippen LogP contribution is -2.44. The molecule has 8 heteroatoms. The Kier molecular flexibility index (Phi) is 3.96. The van der Waals surface area contributed by atoms with Gasteiger partial charge in [0, 0.05) is 6.04 Å². The number of rotatable bonds is 6. The molecule has 1 fully saturated rings. The number of fused-ring (bicyclic) bond motifs is 1. The Labute approximate surface area is 128 Å². The van der Waals surface area contributed by atoms with Gasteiger partial charge < -0.3 is 14.6 Å². The Morgan fingerprint density at radius 1 is 1.27 bits per heavy atom. The second kappa shape index (κ2) is 5.77. The zero-order valence-corrected chi connectivity index (χ0v) is 12.7. The molecule has 0 amide bonds. The Balaban J connectivity index is 1.70. The van der Waals surface area contributed by atoms with Gasteiger partial charge in [0.1, 0.15) is 25.0 Å². The van der Waals surface area contributed by atoms with Gasteiger partial charge in [-0.3, -0.25) is 4.79 Å². The minimum Gasteiger partial charge on any atom is -0.486 e. The number of hydrogen-bond acceptors (Lipinski definition) is 5. The Hall–Kier alpha value is -1.80. The van der Waals surface area contributed by atoms with Crippen LogP contribution < -0.4 is 9.47 Å². The van der Waals surface area contributed by atoms with Crippen molar-refractivity contribution in [2.24, 2.45) is 0 Å². The summed E-state index contributed by atoms with van der Waals surface area (Å²) in [6.45, 7) is -0.376. The molecule has 0 radical (unpaired) electrons.